The normalized spacial score (nSPS) is 17.4. The quantitative estimate of drug-likeness (QED) is 0.237. The summed E-state index contributed by atoms with van der Waals surface area (Å²) in [6.45, 7) is 2.39. The Kier molecular flexibility index (Phi) is 7.11. The highest BCUT2D eigenvalue weighted by Gasteiger charge is 2.31. The van der Waals surface area contributed by atoms with Crippen molar-refractivity contribution in [3.63, 3.8) is 0 Å². The third-order valence-corrected chi connectivity index (χ3v) is 7.22. The van der Waals surface area contributed by atoms with Gasteiger partial charge < -0.3 is 9.53 Å². The van der Waals surface area contributed by atoms with Crippen molar-refractivity contribution in [1.29, 1.82) is 0 Å². The first-order valence-corrected chi connectivity index (χ1v) is 12.4. The number of piperidine rings is 1. The maximum absolute atomic E-state index is 11.8. The Morgan fingerprint density at radius 2 is 1.94 bits per heavy atom. The number of likely N-dealkylation sites (tertiary alicyclic amines) is 1. The fraction of sp³-hybridized carbons (Fsp3) is 0.321. The number of rotatable bonds is 8. The Bertz CT molecular complexity index is 1290. The summed E-state index contributed by atoms with van der Waals surface area (Å²) in [5.74, 6) is 1.25. The van der Waals surface area contributed by atoms with E-state index in [-0.39, 0.29) is 6.04 Å². The molecule has 180 valence electrons. The average Bonchev–Trinajstić information content (AvgIpc) is 3.27. The molecule has 0 bridgehead atoms. The molecule has 0 N–H and O–H groups in total. The van der Waals surface area contributed by atoms with Crippen molar-refractivity contribution < 1.29 is 9.53 Å². The number of carbonyl (C=O) groups excluding carboxylic acids is 1. The molecule has 7 heteroatoms. The number of carbonyl (C=O) groups is 1. The highest BCUT2D eigenvalue weighted by molar-refractivity contribution is 6.34. The van der Waals surface area contributed by atoms with E-state index in [1.54, 1.807) is 13.3 Å². The van der Waals surface area contributed by atoms with E-state index in [2.05, 4.69) is 40.2 Å². The van der Waals surface area contributed by atoms with Gasteiger partial charge in [0.15, 0.2) is 0 Å². The number of pyridine rings is 1. The number of nitrogens with zero attached hydrogens (tertiary/aromatic N) is 4. The van der Waals surface area contributed by atoms with E-state index in [4.69, 9.17) is 21.4 Å². The summed E-state index contributed by atoms with van der Waals surface area (Å²) in [4.78, 5) is 18.6. The predicted octanol–water partition coefficient (Wildman–Crippen LogP) is 5.65. The van der Waals surface area contributed by atoms with Crippen molar-refractivity contribution in [2.24, 2.45) is 0 Å². The molecule has 0 saturated carbocycles. The van der Waals surface area contributed by atoms with E-state index in [0.717, 1.165) is 60.1 Å². The van der Waals surface area contributed by atoms with E-state index in [1.807, 2.05) is 35.0 Å². The molecule has 0 aliphatic carbocycles. The molecule has 1 unspecified atom stereocenters. The molecule has 4 aromatic rings. The van der Waals surface area contributed by atoms with E-state index in [0.29, 0.717) is 24.0 Å². The van der Waals surface area contributed by atoms with Crippen LogP contribution in [0.2, 0.25) is 5.15 Å². The Balaban J connectivity index is 1.51. The topological polar surface area (TPSA) is 60.3 Å². The van der Waals surface area contributed by atoms with Gasteiger partial charge in [-0.3, -0.25) is 9.58 Å². The zero-order chi connectivity index (χ0) is 24.2. The van der Waals surface area contributed by atoms with Gasteiger partial charge in [-0.1, -0.05) is 54.1 Å². The molecule has 2 atom stereocenters. The predicted molar refractivity (Wildman–Crippen MR) is 138 cm³/mol. The Morgan fingerprint density at radius 1 is 1.14 bits per heavy atom. The van der Waals surface area contributed by atoms with Crippen LogP contribution in [0.5, 0.6) is 5.75 Å². The van der Waals surface area contributed by atoms with Gasteiger partial charge >= 0.3 is 0 Å². The van der Waals surface area contributed by atoms with Gasteiger partial charge in [0.25, 0.3) is 0 Å². The summed E-state index contributed by atoms with van der Waals surface area (Å²) in [6, 6.07) is 20.4. The first-order valence-electron chi connectivity index (χ1n) is 12.0. The van der Waals surface area contributed by atoms with Gasteiger partial charge in [-0.05, 0) is 54.6 Å². The lowest BCUT2D eigenvalue weighted by Crippen LogP contribution is -2.38. The van der Waals surface area contributed by atoms with E-state index in [1.165, 1.54) is 5.56 Å². The van der Waals surface area contributed by atoms with Crippen LogP contribution in [0.25, 0.3) is 10.9 Å². The van der Waals surface area contributed by atoms with Crippen LogP contribution < -0.4 is 4.74 Å². The second-order valence-electron chi connectivity index (χ2n) is 9.05. The number of ether oxygens (including phenoxy) is 1. The fourth-order valence-corrected chi connectivity index (χ4v) is 5.43. The minimum absolute atomic E-state index is 0.152. The van der Waals surface area contributed by atoms with Crippen molar-refractivity contribution in [2.45, 2.75) is 37.8 Å². The largest absolute Gasteiger partial charge is 0.497 e. The van der Waals surface area contributed by atoms with E-state index >= 15 is 0 Å². The number of fused-ring (bicyclic) bond motifs is 1. The first kappa shape index (κ1) is 23.5. The van der Waals surface area contributed by atoms with Gasteiger partial charge in [-0.25, -0.2) is 4.98 Å². The number of benzene rings is 2. The molecular formula is C28H29ClN4O2. The standard InChI is InChI=1S/C28H29ClN4O2/c1-35-23-11-9-20(10-12-23)18-33-24-13-15-30-28(29)26(24)27(31-33)25(14-17-34)32-16-5-8-22(19-32)21-6-3-2-4-7-21/h2-4,6-7,9-13,15,17,22,25H,5,8,14,16,18-19H2,1H3/t22-,25?/m0/s1. The SMILES string of the molecule is COc1ccc(Cn2nc(C(CC=O)N3CCC[C@H](c4ccccc4)C3)c3c(Cl)nccc32)cc1. The molecule has 35 heavy (non-hydrogen) atoms. The van der Waals surface area contributed by atoms with Crippen LogP contribution in [0.15, 0.2) is 66.9 Å². The van der Waals surface area contributed by atoms with Crippen molar-refractivity contribution >= 4 is 28.8 Å². The minimum atomic E-state index is -0.152. The molecule has 1 fully saturated rings. The number of aromatic nitrogens is 3. The summed E-state index contributed by atoms with van der Waals surface area (Å²) in [6.07, 6.45) is 5.28. The summed E-state index contributed by atoms with van der Waals surface area (Å²) >= 11 is 6.64. The zero-order valence-corrected chi connectivity index (χ0v) is 20.6. The molecule has 1 saturated heterocycles. The van der Waals surface area contributed by atoms with Crippen LogP contribution in [0.3, 0.4) is 0 Å². The van der Waals surface area contributed by atoms with Crippen LogP contribution in [-0.4, -0.2) is 46.1 Å². The van der Waals surface area contributed by atoms with Crippen LogP contribution in [0, 0.1) is 0 Å². The molecular weight excluding hydrogens is 460 g/mol. The minimum Gasteiger partial charge on any atom is -0.497 e. The number of halogens is 1. The zero-order valence-electron chi connectivity index (χ0n) is 19.8. The van der Waals surface area contributed by atoms with Crippen LogP contribution in [0.1, 0.15) is 48.0 Å². The number of hydrogen-bond acceptors (Lipinski definition) is 5. The molecule has 0 spiro atoms. The Morgan fingerprint density at radius 3 is 2.69 bits per heavy atom. The third kappa shape index (κ3) is 4.95. The van der Waals surface area contributed by atoms with Crippen molar-refractivity contribution in [1.82, 2.24) is 19.7 Å². The second kappa shape index (κ2) is 10.6. The fourth-order valence-electron chi connectivity index (χ4n) is 5.18. The lowest BCUT2D eigenvalue weighted by Gasteiger charge is -2.37. The molecule has 1 aliphatic heterocycles. The summed E-state index contributed by atoms with van der Waals surface area (Å²) in [7, 11) is 1.66. The van der Waals surface area contributed by atoms with Crippen LogP contribution >= 0.6 is 11.6 Å². The molecule has 2 aromatic heterocycles. The van der Waals surface area contributed by atoms with Gasteiger partial charge in [-0.15, -0.1) is 0 Å². The molecule has 1 aliphatic rings. The van der Waals surface area contributed by atoms with Crippen LogP contribution in [0.4, 0.5) is 0 Å². The van der Waals surface area contributed by atoms with Gasteiger partial charge in [0.1, 0.15) is 17.2 Å². The molecule has 3 heterocycles. The third-order valence-electron chi connectivity index (χ3n) is 6.94. The lowest BCUT2D eigenvalue weighted by molar-refractivity contribution is -0.109. The highest BCUT2D eigenvalue weighted by atomic mass is 35.5. The maximum Gasteiger partial charge on any atom is 0.140 e. The number of methoxy groups -OCH3 is 1. The summed E-state index contributed by atoms with van der Waals surface area (Å²) in [5, 5.41) is 6.29. The van der Waals surface area contributed by atoms with Crippen molar-refractivity contribution in [3.05, 3.63) is 88.8 Å². The second-order valence-corrected chi connectivity index (χ2v) is 9.41. The first-order chi connectivity index (χ1) is 17.2. The van der Waals surface area contributed by atoms with Gasteiger partial charge in [-0.2, -0.15) is 5.10 Å². The average molecular weight is 489 g/mol. The van der Waals surface area contributed by atoms with Gasteiger partial charge in [0.05, 0.1) is 36.3 Å². The monoisotopic (exact) mass is 488 g/mol. The van der Waals surface area contributed by atoms with Crippen LogP contribution in [-0.2, 0) is 11.3 Å². The van der Waals surface area contributed by atoms with Crippen molar-refractivity contribution in [3.8, 4) is 5.75 Å². The van der Waals surface area contributed by atoms with Gasteiger partial charge in [0.2, 0.25) is 0 Å². The lowest BCUT2D eigenvalue weighted by atomic mass is 9.89. The summed E-state index contributed by atoms with van der Waals surface area (Å²) < 4.78 is 7.26. The molecule has 6 nitrogen and oxygen atoms in total. The maximum atomic E-state index is 11.8. The van der Waals surface area contributed by atoms with E-state index < -0.39 is 0 Å². The molecule has 2 aromatic carbocycles. The number of aldehydes is 1. The highest BCUT2D eigenvalue weighted by Crippen LogP contribution is 2.37. The Hall–Kier alpha value is -3.22. The molecule has 5 rings (SSSR count). The molecule has 0 amide bonds. The Labute approximate surface area is 210 Å². The summed E-state index contributed by atoms with van der Waals surface area (Å²) in [5.41, 5.74) is 4.19. The smallest absolute Gasteiger partial charge is 0.140 e. The van der Waals surface area contributed by atoms with Crippen molar-refractivity contribution in [2.75, 3.05) is 20.2 Å². The number of hydrogen-bond donors (Lipinski definition) is 0. The van der Waals surface area contributed by atoms with Gasteiger partial charge in [0, 0.05) is 19.2 Å². The molecule has 0 radical (unpaired) electrons. The van der Waals surface area contributed by atoms with E-state index in [9.17, 15) is 4.79 Å².